The zero-order chi connectivity index (χ0) is 19.8. The number of carbonyl (C=O) groups is 2. The van der Waals surface area contributed by atoms with Crippen LogP contribution < -0.4 is 0 Å². The molecule has 1 atom stereocenters. The monoisotopic (exact) mass is 356 g/mol. The third-order valence-electron chi connectivity index (χ3n) is 6.82. The minimum Gasteiger partial charge on any atom is -0.302 e. The van der Waals surface area contributed by atoms with E-state index in [1.807, 2.05) is 19.9 Å². The third kappa shape index (κ3) is 3.40. The molecule has 0 aliphatic heterocycles. The van der Waals surface area contributed by atoms with Crippen LogP contribution in [0.3, 0.4) is 0 Å². The van der Waals surface area contributed by atoms with Gasteiger partial charge in [-0.25, -0.2) is 0 Å². The van der Waals surface area contributed by atoms with Crippen molar-refractivity contribution in [3.05, 3.63) is 34.9 Å². The van der Waals surface area contributed by atoms with Crippen molar-refractivity contribution in [2.45, 2.75) is 91.4 Å². The average molecular weight is 357 g/mol. The molecule has 0 spiro atoms. The average Bonchev–Trinajstić information content (AvgIpc) is 2.58. The highest BCUT2D eigenvalue weighted by atomic mass is 16.1. The molecule has 0 radical (unpaired) electrons. The number of hydrogen-bond donors (Lipinski definition) is 0. The number of aldehydes is 1. The molecule has 1 aromatic carbocycles. The molecule has 0 aromatic heterocycles. The summed E-state index contributed by atoms with van der Waals surface area (Å²) < 4.78 is 0. The minimum absolute atomic E-state index is 0.00540. The molecular formula is C24H36O2. The second-order valence-electron chi connectivity index (χ2n) is 9.57. The summed E-state index contributed by atoms with van der Waals surface area (Å²) in [7, 11) is 0. The van der Waals surface area contributed by atoms with Gasteiger partial charge in [0, 0.05) is 5.56 Å². The molecule has 2 rings (SSSR count). The molecule has 1 aliphatic rings. The zero-order valence-electron chi connectivity index (χ0n) is 17.7. The first-order chi connectivity index (χ1) is 12.1. The van der Waals surface area contributed by atoms with Crippen LogP contribution in [0, 0.1) is 11.3 Å². The molecule has 0 saturated carbocycles. The van der Waals surface area contributed by atoms with Crippen LogP contribution in [0.5, 0.6) is 0 Å². The Balaban J connectivity index is 2.58. The Bertz CT molecular complexity index is 675. The first-order valence-corrected chi connectivity index (χ1v) is 10.2. The standard InChI is InChI=1S/C24H36O2/c1-8-12-24(16-25,13-9-2)21(26)18-10-11-19-20(14-18)23(6,7)17(3)15-22(19,4)5/h10-11,14,16-17H,8-9,12-13,15H2,1-7H3. The first kappa shape index (κ1) is 20.9. The Kier molecular flexibility index (Phi) is 5.85. The molecule has 0 N–H and O–H groups in total. The van der Waals surface area contributed by atoms with Gasteiger partial charge in [-0.2, -0.15) is 0 Å². The van der Waals surface area contributed by atoms with Gasteiger partial charge in [0.25, 0.3) is 0 Å². The molecule has 2 nitrogen and oxygen atoms in total. The smallest absolute Gasteiger partial charge is 0.176 e. The van der Waals surface area contributed by atoms with Crippen LogP contribution in [-0.4, -0.2) is 12.1 Å². The quantitative estimate of drug-likeness (QED) is 0.329. The summed E-state index contributed by atoms with van der Waals surface area (Å²) in [6.07, 6.45) is 5.00. The predicted octanol–water partition coefficient (Wildman–Crippen LogP) is 6.25. The molecule has 1 unspecified atom stereocenters. The number of Topliss-reactive ketones (excluding diaryl/α,β-unsaturated/α-hetero) is 1. The molecule has 0 fully saturated rings. The lowest BCUT2D eigenvalue weighted by molar-refractivity contribution is -0.114. The van der Waals surface area contributed by atoms with Crippen LogP contribution in [-0.2, 0) is 15.6 Å². The topological polar surface area (TPSA) is 34.1 Å². The Morgan fingerprint density at radius 1 is 1.12 bits per heavy atom. The maximum atomic E-state index is 13.4. The molecule has 1 aromatic rings. The van der Waals surface area contributed by atoms with Crippen molar-refractivity contribution in [2.24, 2.45) is 11.3 Å². The van der Waals surface area contributed by atoms with Crippen LogP contribution >= 0.6 is 0 Å². The highest BCUT2D eigenvalue weighted by molar-refractivity contribution is 6.09. The molecule has 0 amide bonds. The Hall–Kier alpha value is -1.44. The van der Waals surface area contributed by atoms with Gasteiger partial charge in [-0.1, -0.05) is 73.4 Å². The third-order valence-corrected chi connectivity index (χ3v) is 6.82. The minimum atomic E-state index is -0.863. The molecule has 26 heavy (non-hydrogen) atoms. The number of ketones is 1. The summed E-state index contributed by atoms with van der Waals surface area (Å²) in [5.74, 6) is 0.545. The normalized spacial score (nSPS) is 21.1. The van der Waals surface area contributed by atoms with Gasteiger partial charge in [-0.3, -0.25) is 4.79 Å². The van der Waals surface area contributed by atoms with Crippen molar-refractivity contribution in [3.8, 4) is 0 Å². The predicted molar refractivity (Wildman–Crippen MR) is 109 cm³/mol. The Morgan fingerprint density at radius 3 is 2.19 bits per heavy atom. The molecule has 0 saturated heterocycles. The Labute approximate surface area is 159 Å². The van der Waals surface area contributed by atoms with E-state index in [9.17, 15) is 9.59 Å². The molecule has 0 heterocycles. The van der Waals surface area contributed by atoms with E-state index < -0.39 is 5.41 Å². The molecule has 2 heteroatoms. The van der Waals surface area contributed by atoms with Crippen LogP contribution in [0.1, 0.15) is 102 Å². The number of carbonyl (C=O) groups excluding carboxylic acids is 2. The summed E-state index contributed by atoms with van der Waals surface area (Å²) >= 11 is 0. The number of fused-ring (bicyclic) bond motifs is 1. The van der Waals surface area contributed by atoms with Gasteiger partial charge >= 0.3 is 0 Å². The summed E-state index contributed by atoms with van der Waals surface area (Å²) in [6.45, 7) is 15.5. The van der Waals surface area contributed by atoms with Crippen molar-refractivity contribution in [3.63, 3.8) is 0 Å². The highest BCUT2D eigenvalue weighted by Crippen LogP contribution is 2.49. The van der Waals surface area contributed by atoms with Crippen molar-refractivity contribution >= 4 is 12.1 Å². The maximum absolute atomic E-state index is 13.4. The van der Waals surface area contributed by atoms with Gasteiger partial charge in [0.2, 0.25) is 0 Å². The van der Waals surface area contributed by atoms with Crippen molar-refractivity contribution in [1.29, 1.82) is 0 Å². The van der Waals surface area contributed by atoms with E-state index in [1.165, 1.54) is 11.1 Å². The number of hydrogen-bond acceptors (Lipinski definition) is 2. The lowest BCUT2D eigenvalue weighted by atomic mass is 9.58. The molecule has 0 bridgehead atoms. The van der Waals surface area contributed by atoms with Gasteiger partial charge in [0.05, 0.1) is 5.41 Å². The second kappa shape index (κ2) is 7.29. The van der Waals surface area contributed by atoms with Crippen molar-refractivity contribution in [1.82, 2.24) is 0 Å². The van der Waals surface area contributed by atoms with E-state index in [2.05, 4.69) is 46.8 Å². The summed E-state index contributed by atoms with van der Waals surface area (Å²) in [5, 5.41) is 0. The number of benzene rings is 1. The van der Waals surface area contributed by atoms with Gasteiger partial charge in [-0.05, 0) is 53.2 Å². The Morgan fingerprint density at radius 2 is 1.69 bits per heavy atom. The maximum Gasteiger partial charge on any atom is 0.176 e. The summed E-state index contributed by atoms with van der Waals surface area (Å²) in [5.41, 5.74) is 2.61. The fourth-order valence-corrected chi connectivity index (χ4v) is 4.91. The van der Waals surface area contributed by atoms with Crippen LogP contribution in [0.15, 0.2) is 18.2 Å². The van der Waals surface area contributed by atoms with E-state index >= 15 is 0 Å². The van der Waals surface area contributed by atoms with Crippen molar-refractivity contribution in [2.75, 3.05) is 0 Å². The van der Waals surface area contributed by atoms with Gasteiger partial charge < -0.3 is 4.79 Å². The van der Waals surface area contributed by atoms with E-state index in [1.54, 1.807) is 0 Å². The van der Waals surface area contributed by atoms with Gasteiger partial charge in [0.15, 0.2) is 5.78 Å². The molecule has 144 valence electrons. The first-order valence-electron chi connectivity index (χ1n) is 10.2. The van der Waals surface area contributed by atoms with Crippen LogP contribution in [0.2, 0.25) is 0 Å². The zero-order valence-corrected chi connectivity index (χ0v) is 17.7. The molecular weight excluding hydrogens is 320 g/mol. The second-order valence-corrected chi connectivity index (χ2v) is 9.57. The fraction of sp³-hybridized carbons (Fsp3) is 0.667. The van der Waals surface area contributed by atoms with Crippen LogP contribution in [0.4, 0.5) is 0 Å². The lowest BCUT2D eigenvalue weighted by Gasteiger charge is -2.46. The van der Waals surface area contributed by atoms with Gasteiger partial charge in [-0.15, -0.1) is 0 Å². The van der Waals surface area contributed by atoms with Gasteiger partial charge in [0.1, 0.15) is 6.29 Å². The largest absolute Gasteiger partial charge is 0.302 e. The number of rotatable bonds is 7. The SMILES string of the molecule is CCCC(C=O)(CCC)C(=O)c1ccc2c(c1)C(C)(C)C(C)CC2(C)C. The van der Waals surface area contributed by atoms with Crippen molar-refractivity contribution < 1.29 is 9.59 Å². The van der Waals surface area contributed by atoms with Crippen LogP contribution in [0.25, 0.3) is 0 Å². The summed E-state index contributed by atoms with van der Waals surface area (Å²) in [4.78, 5) is 25.4. The fourth-order valence-electron chi connectivity index (χ4n) is 4.91. The van der Waals surface area contributed by atoms with E-state index in [0.29, 0.717) is 24.3 Å². The summed E-state index contributed by atoms with van der Waals surface area (Å²) in [6, 6.07) is 6.20. The molecule has 1 aliphatic carbocycles. The lowest BCUT2D eigenvalue weighted by Crippen LogP contribution is -2.41. The van der Waals surface area contributed by atoms with E-state index in [0.717, 1.165) is 25.5 Å². The van der Waals surface area contributed by atoms with E-state index in [4.69, 9.17) is 0 Å². The highest BCUT2D eigenvalue weighted by Gasteiger charge is 2.43. The van der Waals surface area contributed by atoms with E-state index in [-0.39, 0.29) is 16.6 Å².